The van der Waals surface area contributed by atoms with E-state index in [1.165, 1.54) is 12.5 Å². The number of aromatic nitrogens is 2. The van der Waals surface area contributed by atoms with Crippen molar-refractivity contribution < 1.29 is 8.81 Å². The van der Waals surface area contributed by atoms with Crippen LogP contribution in [-0.4, -0.2) is 40.5 Å². The van der Waals surface area contributed by atoms with Crippen LogP contribution in [-0.2, 0) is 6.54 Å². The summed E-state index contributed by atoms with van der Waals surface area (Å²) in [5.74, 6) is 1.15. The van der Waals surface area contributed by atoms with E-state index in [0.29, 0.717) is 5.82 Å². The Labute approximate surface area is 123 Å². The molecule has 0 amide bonds. The fraction of sp³-hybridized carbons (Fsp3) is 0.467. The van der Waals surface area contributed by atoms with Gasteiger partial charge in [0.05, 0.1) is 5.69 Å². The van der Waals surface area contributed by atoms with Gasteiger partial charge in [0.1, 0.15) is 11.6 Å². The highest BCUT2D eigenvalue weighted by Gasteiger charge is 2.25. The summed E-state index contributed by atoms with van der Waals surface area (Å²) in [6.07, 6.45) is 1.49. The van der Waals surface area contributed by atoms with E-state index in [4.69, 9.17) is 4.42 Å². The van der Waals surface area contributed by atoms with Crippen LogP contribution < -0.4 is 4.90 Å². The summed E-state index contributed by atoms with van der Waals surface area (Å²) < 4.78 is 18.5. The van der Waals surface area contributed by atoms with Gasteiger partial charge in [0.25, 0.3) is 0 Å². The minimum absolute atomic E-state index is 0.278. The molecule has 21 heavy (non-hydrogen) atoms. The minimum atomic E-state index is -0.430. The first-order chi connectivity index (χ1) is 10.1. The van der Waals surface area contributed by atoms with E-state index < -0.39 is 5.95 Å². The zero-order chi connectivity index (χ0) is 14.8. The van der Waals surface area contributed by atoms with E-state index in [-0.39, 0.29) is 6.04 Å². The van der Waals surface area contributed by atoms with Crippen LogP contribution in [0.5, 0.6) is 0 Å². The average Bonchev–Trinajstić information content (AvgIpc) is 2.84. The molecule has 0 spiro atoms. The number of nitrogens with zero attached hydrogens (tertiary/aromatic N) is 4. The molecule has 0 bridgehead atoms. The van der Waals surface area contributed by atoms with E-state index in [1.54, 1.807) is 6.07 Å². The average molecular weight is 290 g/mol. The fourth-order valence-corrected chi connectivity index (χ4v) is 2.77. The Bertz CT molecular complexity index is 615. The molecule has 2 aromatic heterocycles. The Morgan fingerprint density at radius 3 is 2.90 bits per heavy atom. The van der Waals surface area contributed by atoms with E-state index in [0.717, 1.165) is 37.6 Å². The lowest BCUT2D eigenvalue weighted by Gasteiger charge is -2.40. The van der Waals surface area contributed by atoms with Gasteiger partial charge in [0, 0.05) is 32.2 Å². The van der Waals surface area contributed by atoms with Crippen molar-refractivity contribution in [1.82, 2.24) is 14.9 Å². The molecule has 3 heterocycles. The van der Waals surface area contributed by atoms with Crippen LogP contribution in [0, 0.1) is 12.9 Å². The first-order valence-electron chi connectivity index (χ1n) is 7.14. The van der Waals surface area contributed by atoms with Crippen LogP contribution in [0.25, 0.3) is 0 Å². The van der Waals surface area contributed by atoms with Crippen molar-refractivity contribution in [3.63, 3.8) is 0 Å². The van der Waals surface area contributed by atoms with Gasteiger partial charge in [-0.15, -0.1) is 0 Å². The third-order valence-corrected chi connectivity index (χ3v) is 3.92. The predicted molar refractivity (Wildman–Crippen MR) is 77.5 cm³/mol. The number of anilines is 1. The Balaban J connectivity index is 1.65. The molecule has 3 rings (SSSR count). The molecular weight excluding hydrogens is 271 g/mol. The van der Waals surface area contributed by atoms with E-state index in [1.807, 2.05) is 13.0 Å². The molecule has 1 unspecified atom stereocenters. The molecule has 2 aromatic rings. The Kier molecular flexibility index (Phi) is 3.88. The third kappa shape index (κ3) is 3.05. The lowest BCUT2D eigenvalue weighted by Crippen LogP contribution is -2.52. The van der Waals surface area contributed by atoms with E-state index >= 15 is 0 Å². The Morgan fingerprint density at radius 1 is 1.38 bits per heavy atom. The largest absolute Gasteiger partial charge is 0.448 e. The number of piperazine rings is 1. The summed E-state index contributed by atoms with van der Waals surface area (Å²) in [5.41, 5.74) is 0.986. The quantitative estimate of drug-likeness (QED) is 0.811. The van der Waals surface area contributed by atoms with Crippen LogP contribution in [0.15, 0.2) is 29.0 Å². The lowest BCUT2D eigenvalue weighted by molar-refractivity contribution is 0.217. The molecule has 0 aliphatic carbocycles. The molecule has 1 aliphatic heterocycles. The van der Waals surface area contributed by atoms with Crippen molar-refractivity contribution in [3.05, 3.63) is 42.0 Å². The monoisotopic (exact) mass is 290 g/mol. The molecule has 5 nitrogen and oxygen atoms in total. The maximum absolute atomic E-state index is 13.3. The van der Waals surface area contributed by atoms with Gasteiger partial charge in [0.15, 0.2) is 6.39 Å². The number of aryl methyl sites for hydroxylation is 1. The molecule has 1 fully saturated rings. The van der Waals surface area contributed by atoms with Crippen LogP contribution >= 0.6 is 0 Å². The van der Waals surface area contributed by atoms with Gasteiger partial charge in [-0.25, -0.2) is 9.97 Å². The summed E-state index contributed by atoms with van der Waals surface area (Å²) in [4.78, 5) is 12.7. The number of hydrogen-bond acceptors (Lipinski definition) is 5. The van der Waals surface area contributed by atoms with Gasteiger partial charge in [-0.05, 0) is 26.0 Å². The molecule has 6 heteroatoms. The predicted octanol–water partition coefficient (Wildman–Crippen LogP) is 2.23. The molecule has 112 valence electrons. The van der Waals surface area contributed by atoms with Gasteiger partial charge < -0.3 is 9.32 Å². The summed E-state index contributed by atoms with van der Waals surface area (Å²) >= 11 is 0. The van der Waals surface area contributed by atoms with E-state index in [9.17, 15) is 4.39 Å². The lowest BCUT2D eigenvalue weighted by atomic mass is 10.1. The van der Waals surface area contributed by atoms with Crippen molar-refractivity contribution in [2.45, 2.75) is 26.4 Å². The van der Waals surface area contributed by atoms with Crippen molar-refractivity contribution in [3.8, 4) is 0 Å². The van der Waals surface area contributed by atoms with Gasteiger partial charge in [-0.2, -0.15) is 4.39 Å². The van der Waals surface area contributed by atoms with Crippen molar-refractivity contribution in [1.29, 1.82) is 0 Å². The van der Waals surface area contributed by atoms with Gasteiger partial charge in [-0.1, -0.05) is 6.07 Å². The molecule has 0 aromatic carbocycles. The first kappa shape index (κ1) is 14.0. The zero-order valence-electron chi connectivity index (χ0n) is 12.3. The smallest absolute Gasteiger partial charge is 0.214 e. The van der Waals surface area contributed by atoms with Crippen molar-refractivity contribution >= 4 is 5.82 Å². The van der Waals surface area contributed by atoms with Crippen LogP contribution in [0.4, 0.5) is 10.2 Å². The highest BCUT2D eigenvalue weighted by Crippen LogP contribution is 2.20. The zero-order valence-corrected chi connectivity index (χ0v) is 12.3. The Hall–Kier alpha value is -1.95. The highest BCUT2D eigenvalue weighted by molar-refractivity contribution is 5.40. The Morgan fingerprint density at radius 2 is 2.24 bits per heavy atom. The number of halogens is 1. The minimum Gasteiger partial charge on any atom is -0.448 e. The second-order valence-corrected chi connectivity index (χ2v) is 5.45. The normalized spacial score (nSPS) is 20.0. The molecule has 0 N–H and O–H groups in total. The fourth-order valence-electron chi connectivity index (χ4n) is 2.77. The molecule has 0 radical (unpaired) electrons. The second kappa shape index (κ2) is 5.81. The van der Waals surface area contributed by atoms with Crippen LogP contribution in [0.1, 0.15) is 18.4 Å². The summed E-state index contributed by atoms with van der Waals surface area (Å²) in [6, 6.07) is 5.21. The highest BCUT2D eigenvalue weighted by atomic mass is 19.1. The molecular formula is C15H19FN4O. The maximum Gasteiger partial charge on any atom is 0.214 e. The van der Waals surface area contributed by atoms with Crippen LogP contribution in [0.3, 0.4) is 0 Å². The summed E-state index contributed by atoms with van der Waals surface area (Å²) in [7, 11) is 0. The van der Waals surface area contributed by atoms with Gasteiger partial charge in [-0.3, -0.25) is 4.90 Å². The van der Waals surface area contributed by atoms with Gasteiger partial charge in [0.2, 0.25) is 5.95 Å². The summed E-state index contributed by atoms with van der Waals surface area (Å²) in [6.45, 7) is 7.47. The van der Waals surface area contributed by atoms with Crippen LogP contribution in [0.2, 0.25) is 0 Å². The topological polar surface area (TPSA) is 45.4 Å². The molecule has 1 atom stereocenters. The molecule has 1 saturated heterocycles. The second-order valence-electron chi connectivity index (χ2n) is 5.45. The van der Waals surface area contributed by atoms with Crippen molar-refractivity contribution in [2.24, 2.45) is 0 Å². The standard InChI is InChI=1S/C15H19FN4O/c1-11-8-19(9-13-12(2)21-10-17-13)6-7-20(11)15-5-3-4-14(16)18-15/h3-5,10-11H,6-9H2,1-2H3. The number of rotatable bonds is 3. The summed E-state index contributed by atoms with van der Waals surface area (Å²) in [5, 5.41) is 0. The molecule has 1 aliphatic rings. The number of oxazole rings is 1. The third-order valence-electron chi connectivity index (χ3n) is 3.92. The van der Waals surface area contributed by atoms with Gasteiger partial charge >= 0.3 is 0 Å². The SMILES string of the molecule is Cc1ocnc1CN1CCN(c2cccc(F)n2)C(C)C1. The number of hydrogen-bond donors (Lipinski definition) is 0. The van der Waals surface area contributed by atoms with E-state index in [2.05, 4.69) is 26.7 Å². The first-order valence-corrected chi connectivity index (χ1v) is 7.14. The maximum atomic E-state index is 13.3. The van der Waals surface area contributed by atoms with Crippen molar-refractivity contribution in [2.75, 3.05) is 24.5 Å². The number of pyridine rings is 1. The molecule has 0 saturated carbocycles.